The predicted octanol–water partition coefficient (Wildman–Crippen LogP) is 4.93. The largest absolute Gasteiger partial charge is 0.387 e. The standard InChI is InChI=1S/C34H41N3O4/c1-25(26-12-6-4-7-13-26)20-30(38)36-19-18-34(41,33(23-36)16-10-11-17-33)24-37-22-29(32(40)35(2)3)28(21-31(37)39)27-14-8-5-9-15-27/h4-9,12-15,21-22,25,41H,10-11,16-20,23-24H2,1-3H3. The molecule has 2 unspecified atom stereocenters. The molecule has 41 heavy (non-hydrogen) atoms. The Morgan fingerprint density at radius 3 is 2.24 bits per heavy atom. The van der Waals surface area contributed by atoms with Gasteiger partial charge in [0.05, 0.1) is 17.7 Å². The molecule has 1 saturated heterocycles. The van der Waals surface area contributed by atoms with Crippen LogP contribution in [0, 0.1) is 5.41 Å². The number of amides is 2. The van der Waals surface area contributed by atoms with Crippen LogP contribution < -0.4 is 5.56 Å². The number of carbonyl (C=O) groups is 2. The highest BCUT2D eigenvalue weighted by atomic mass is 16.3. The molecular formula is C34H41N3O4. The van der Waals surface area contributed by atoms with Crippen LogP contribution in [0.1, 0.15) is 67.3 Å². The van der Waals surface area contributed by atoms with Crippen LogP contribution in [0.5, 0.6) is 0 Å². The zero-order valence-electron chi connectivity index (χ0n) is 24.4. The van der Waals surface area contributed by atoms with Gasteiger partial charge in [-0.05, 0) is 36.3 Å². The smallest absolute Gasteiger partial charge is 0.255 e. The number of benzene rings is 2. The highest BCUT2D eigenvalue weighted by Crippen LogP contribution is 2.51. The summed E-state index contributed by atoms with van der Waals surface area (Å²) in [7, 11) is 3.39. The van der Waals surface area contributed by atoms with E-state index in [9.17, 15) is 19.5 Å². The van der Waals surface area contributed by atoms with Crippen LogP contribution in [0.25, 0.3) is 11.1 Å². The molecule has 1 spiro atoms. The molecular weight excluding hydrogens is 514 g/mol. The molecule has 1 aliphatic heterocycles. The lowest BCUT2D eigenvalue weighted by Gasteiger charge is -2.52. The van der Waals surface area contributed by atoms with Gasteiger partial charge in [0.15, 0.2) is 0 Å². The lowest BCUT2D eigenvalue weighted by atomic mass is 9.65. The molecule has 7 heteroatoms. The van der Waals surface area contributed by atoms with Gasteiger partial charge in [-0.1, -0.05) is 80.4 Å². The molecule has 5 rings (SSSR count). The van der Waals surface area contributed by atoms with Crippen LogP contribution in [0.2, 0.25) is 0 Å². The molecule has 2 aromatic carbocycles. The van der Waals surface area contributed by atoms with Gasteiger partial charge in [0.25, 0.3) is 11.5 Å². The zero-order valence-corrected chi connectivity index (χ0v) is 24.4. The van der Waals surface area contributed by atoms with Crippen molar-refractivity contribution < 1.29 is 14.7 Å². The number of pyridine rings is 1. The van der Waals surface area contributed by atoms with Gasteiger partial charge in [0.1, 0.15) is 0 Å². The van der Waals surface area contributed by atoms with E-state index in [1.807, 2.05) is 53.4 Å². The third-order valence-corrected chi connectivity index (χ3v) is 9.32. The van der Waals surface area contributed by atoms with Crippen LogP contribution in [-0.4, -0.2) is 64.1 Å². The van der Waals surface area contributed by atoms with Crippen LogP contribution in [-0.2, 0) is 11.3 Å². The molecule has 1 saturated carbocycles. The first-order valence-electron chi connectivity index (χ1n) is 14.7. The fourth-order valence-corrected chi connectivity index (χ4v) is 6.85. The van der Waals surface area contributed by atoms with Crippen LogP contribution in [0.4, 0.5) is 0 Å². The van der Waals surface area contributed by atoms with E-state index in [2.05, 4.69) is 19.1 Å². The third-order valence-electron chi connectivity index (χ3n) is 9.32. The Bertz CT molecular complexity index is 1440. The first-order chi connectivity index (χ1) is 19.6. The Kier molecular flexibility index (Phi) is 8.18. The van der Waals surface area contributed by atoms with Crippen molar-refractivity contribution in [3.63, 3.8) is 0 Å². The second kappa shape index (κ2) is 11.6. The minimum Gasteiger partial charge on any atom is -0.387 e. The van der Waals surface area contributed by atoms with Gasteiger partial charge in [-0.15, -0.1) is 0 Å². The Labute approximate surface area is 242 Å². The minimum atomic E-state index is -1.16. The van der Waals surface area contributed by atoms with E-state index in [0.717, 1.165) is 36.8 Å². The maximum Gasteiger partial charge on any atom is 0.255 e. The summed E-state index contributed by atoms with van der Waals surface area (Å²) in [6.07, 6.45) is 6.02. The number of carbonyl (C=O) groups excluding carboxylic acids is 2. The van der Waals surface area contributed by atoms with E-state index < -0.39 is 11.0 Å². The topological polar surface area (TPSA) is 82.8 Å². The molecule has 2 fully saturated rings. The van der Waals surface area contributed by atoms with E-state index in [1.165, 1.54) is 15.5 Å². The first kappa shape index (κ1) is 28.8. The Morgan fingerprint density at radius 2 is 1.61 bits per heavy atom. The molecule has 2 aliphatic rings. The van der Waals surface area contributed by atoms with Crippen LogP contribution >= 0.6 is 0 Å². The monoisotopic (exact) mass is 555 g/mol. The molecule has 1 aliphatic carbocycles. The quantitative estimate of drug-likeness (QED) is 0.448. The van der Waals surface area contributed by atoms with Crippen molar-refractivity contribution in [1.29, 1.82) is 0 Å². The molecule has 2 atom stereocenters. The van der Waals surface area contributed by atoms with Gasteiger partial charge in [-0.3, -0.25) is 14.4 Å². The van der Waals surface area contributed by atoms with Gasteiger partial charge >= 0.3 is 0 Å². The molecule has 0 bridgehead atoms. The highest BCUT2D eigenvalue weighted by Gasteiger charge is 2.55. The number of aromatic nitrogens is 1. The zero-order chi connectivity index (χ0) is 29.2. The molecule has 1 aromatic heterocycles. The maximum atomic E-state index is 13.5. The van der Waals surface area contributed by atoms with Gasteiger partial charge < -0.3 is 19.5 Å². The van der Waals surface area contributed by atoms with E-state index in [1.54, 1.807) is 20.3 Å². The summed E-state index contributed by atoms with van der Waals surface area (Å²) in [4.78, 5) is 43.6. The van der Waals surface area contributed by atoms with Crippen molar-refractivity contribution in [2.45, 2.75) is 63.5 Å². The molecule has 0 radical (unpaired) electrons. The molecule has 2 amide bonds. The van der Waals surface area contributed by atoms with Crippen molar-refractivity contribution in [3.05, 3.63) is 94.4 Å². The fraction of sp³-hybridized carbons (Fsp3) is 0.441. The number of hydrogen-bond acceptors (Lipinski definition) is 4. The SMILES string of the molecule is CC(CC(=O)N1CCC(O)(Cn2cc(C(=O)N(C)C)c(-c3ccccc3)cc2=O)C2(CCCC2)C1)c1ccccc1. The predicted molar refractivity (Wildman–Crippen MR) is 161 cm³/mol. The van der Waals surface area contributed by atoms with E-state index in [-0.39, 0.29) is 29.8 Å². The van der Waals surface area contributed by atoms with Crippen molar-refractivity contribution in [2.24, 2.45) is 5.41 Å². The molecule has 216 valence electrons. The van der Waals surface area contributed by atoms with E-state index in [0.29, 0.717) is 37.1 Å². The molecule has 3 aromatic rings. The number of aliphatic hydroxyl groups is 1. The lowest BCUT2D eigenvalue weighted by Crippen LogP contribution is -2.62. The van der Waals surface area contributed by atoms with Gasteiger partial charge in [-0.2, -0.15) is 0 Å². The fourth-order valence-electron chi connectivity index (χ4n) is 6.85. The third kappa shape index (κ3) is 5.73. The number of nitrogens with zero attached hydrogens (tertiary/aromatic N) is 3. The minimum absolute atomic E-state index is 0.0943. The Balaban J connectivity index is 1.42. The van der Waals surface area contributed by atoms with Gasteiger partial charge in [0.2, 0.25) is 5.91 Å². The van der Waals surface area contributed by atoms with Crippen LogP contribution in [0.15, 0.2) is 77.7 Å². The number of hydrogen-bond donors (Lipinski definition) is 1. The molecule has 2 heterocycles. The Morgan fingerprint density at radius 1 is 0.976 bits per heavy atom. The second-order valence-electron chi connectivity index (χ2n) is 12.2. The maximum absolute atomic E-state index is 13.5. The summed E-state index contributed by atoms with van der Waals surface area (Å²) < 4.78 is 1.51. The summed E-state index contributed by atoms with van der Waals surface area (Å²) in [5.74, 6) is 0.0180. The van der Waals surface area contributed by atoms with Crippen molar-refractivity contribution >= 4 is 11.8 Å². The number of rotatable bonds is 7. The van der Waals surface area contributed by atoms with Gasteiger partial charge in [0, 0.05) is 56.8 Å². The van der Waals surface area contributed by atoms with Crippen molar-refractivity contribution in [1.82, 2.24) is 14.4 Å². The number of likely N-dealkylation sites (tertiary alicyclic amines) is 1. The molecule has 7 nitrogen and oxygen atoms in total. The normalized spacial score (nSPS) is 20.6. The summed E-state index contributed by atoms with van der Waals surface area (Å²) in [5, 5.41) is 12.3. The second-order valence-corrected chi connectivity index (χ2v) is 12.2. The van der Waals surface area contributed by atoms with Gasteiger partial charge in [-0.25, -0.2) is 0 Å². The van der Waals surface area contributed by atoms with Crippen molar-refractivity contribution in [3.8, 4) is 11.1 Å². The summed E-state index contributed by atoms with van der Waals surface area (Å²) in [5.41, 5.74) is 1.04. The first-order valence-corrected chi connectivity index (χ1v) is 14.7. The van der Waals surface area contributed by atoms with Crippen molar-refractivity contribution in [2.75, 3.05) is 27.2 Å². The average Bonchev–Trinajstić information content (AvgIpc) is 3.46. The highest BCUT2D eigenvalue weighted by molar-refractivity contribution is 6.00. The molecule has 1 N–H and O–H groups in total. The number of piperidine rings is 1. The van der Waals surface area contributed by atoms with E-state index in [4.69, 9.17) is 0 Å². The average molecular weight is 556 g/mol. The van der Waals surface area contributed by atoms with E-state index >= 15 is 0 Å². The summed E-state index contributed by atoms with van der Waals surface area (Å²) >= 11 is 0. The summed E-state index contributed by atoms with van der Waals surface area (Å²) in [6, 6.07) is 21.0. The lowest BCUT2D eigenvalue weighted by molar-refractivity contribution is -0.160. The summed E-state index contributed by atoms with van der Waals surface area (Å²) in [6.45, 7) is 3.11. The Hall–Kier alpha value is -3.71. The van der Waals surface area contributed by atoms with Crippen LogP contribution in [0.3, 0.4) is 0 Å².